The number of carbonyl (C=O) groups excluding carboxylic acids is 2. The highest BCUT2D eigenvalue weighted by molar-refractivity contribution is 7.91. The Labute approximate surface area is 151 Å². The van der Waals surface area contributed by atoms with Gasteiger partial charge in [-0.1, -0.05) is 6.07 Å². The molecule has 2 fully saturated rings. The highest BCUT2D eigenvalue weighted by atomic mass is 32.2. The van der Waals surface area contributed by atoms with E-state index in [1.807, 2.05) is 4.90 Å². The summed E-state index contributed by atoms with van der Waals surface area (Å²) in [4.78, 5) is 27.9. The first-order valence-corrected chi connectivity index (χ1v) is 10.6. The number of hydrogen-bond donors (Lipinski definition) is 2. The normalized spacial score (nSPS) is 22.2. The lowest BCUT2D eigenvalue weighted by Gasteiger charge is -2.41. The summed E-state index contributed by atoms with van der Waals surface area (Å²) in [6.07, 6.45) is 1.68. The van der Waals surface area contributed by atoms with Gasteiger partial charge in [-0.05, 0) is 24.3 Å². The summed E-state index contributed by atoms with van der Waals surface area (Å²) in [5.41, 5.74) is 0. The van der Waals surface area contributed by atoms with Gasteiger partial charge < -0.3 is 15.1 Å². The molecule has 2 aliphatic rings. The Morgan fingerprint density at radius 2 is 2.24 bits per heavy atom. The molecule has 2 amide bonds. The minimum Gasteiger partial charge on any atom is -0.339 e. The van der Waals surface area contributed by atoms with Crippen molar-refractivity contribution < 1.29 is 18.0 Å². The first kappa shape index (κ1) is 18.3. The maximum Gasteiger partial charge on any atom is 0.250 e. The number of hydrogen-bond acceptors (Lipinski definition) is 6. The number of rotatable bonds is 5. The summed E-state index contributed by atoms with van der Waals surface area (Å²) in [5, 5.41) is 4.72. The Morgan fingerprint density at radius 3 is 2.96 bits per heavy atom. The number of piperazine rings is 1. The zero-order valence-electron chi connectivity index (χ0n) is 13.8. The number of piperidine rings is 1. The third kappa shape index (κ3) is 4.38. The van der Waals surface area contributed by atoms with Crippen LogP contribution in [-0.2, 0) is 19.6 Å². The van der Waals surface area contributed by atoms with Crippen LogP contribution in [0.25, 0.3) is 0 Å². The molecule has 2 saturated heterocycles. The van der Waals surface area contributed by atoms with Crippen LogP contribution >= 0.6 is 11.3 Å². The van der Waals surface area contributed by atoms with Gasteiger partial charge in [-0.15, -0.1) is 11.3 Å². The summed E-state index contributed by atoms with van der Waals surface area (Å²) in [5.74, 6) is -0.198. The van der Waals surface area contributed by atoms with Crippen molar-refractivity contribution in [2.24, 2.45) is 0 Å². The van der Waals surface area contributed by atoms with E-state index in [4.69, 9.17) is 0 Å². The van der Waals surface area contributed by atoms with Crippen LogP contribution in [0.1, 0.15) is 12.8 Å². The lowest BCUT2D eigenvalue weighted by atomic mass is 10.0. The van der Waals surface area contributed by atoms with E-state index < -0.39 is 10.0 Å². The van der Waals surface area contributed by atoms with Gasteiger partial charge >= 0.3 is 0 Å². The zero-order chi connectivity index (χ0) is 17.9. The van der Waals surface area contributed by atoms with Gasteiger partial charge in [-0.3, -0.25) is 9.59 Å². The second-order valence-corrected chi connectivity index (χ2v) is 9.10. The molecule has 1 aromatic heterocycles. The van der Waals surface area contributed by atoms with E-state index in [1.54, 1.807) is 16.3 Å². The predicted molar refractivity (Wildman–Crippen MR) is 93.7 cm³/mol. The average Bonchev–Trinajstić information content (AvgIpc) is 3.16. The van der Waals surface area contributed by atoms with Crippen molar-refractivity contribution in [3.8, 4) is 0 Å². The summed E-state index contributed by atoms with van der Waals surface area (Å²) in [7, 11) is -3.65. The van der Waals surface area contributed by atoms with E-state index in [0.29, 0.717) is 26.2 Å². The molecule has 0 saturated carbocycles. The molecule has 0 aliphatic carbocycles. The summed E-state index contributed by atoms with van der Waals surface area (Å²) < 4.78 is 26.8. The summed E-state index contributed by atoms with van der Waals surface area (Å²) in [6.45, 7) is 2.54. The quantitative estimate of drug-likeness (QED) is 0.707. The highest BCUT2D eigenvalue weighted by Gasteiger charge is 2.31. The SMILES string of the molecule is O=C(CNS(=O)(=O)c1cccs1)N1CCCC(N2CCNCC2=O)C1. The van der Waals surface area contributed by atoms with E-state index in [2.05, 4.69) is 10.0 Å². The van der Waals surface area contributed by atoms with E-state index in [0.717, 1.165) is 30.7 Å². The molecule has 1 aromatic rings. The molecule has 25 heavy (non-hydrogen) atoms. The van der Waals surface area contributed by atoms with Gasteiger partial charge in [0.1, 0.15) is 4.21 Å². The number of thiophene rings is 1. The second-order valence-electron chi connectivity index (χ2n) is 6.16. The van der Waals surface area contributed by atoms with Gasteiger partial charge in [0.15, 0.2) is 0 Å². The van der Waals surface area contributed by atoms with Crippen LogP contribution in [0.4, 0.5) is 0 Å². The van der Waals surface area contributed by atoms with Crippen LogP contribution in [0.2, 0.25) is 0 Å². The molecule has 0 spiro atoms. The van der Waals surface area contributed by atoms with Crippen LogP contribution < -0.4 is 10.0 Å². The van der Waals surface area contributed by atoms with Gasteiger partial charge in [0.2, 0.25) is 11.8 Å². The molecular weight excluding hydrogens is 364 g/mol. The minimum absolute atomic E-state index is 0.0150. The maximum absolute atomic E-state index is 12.4. The Hall–Kier alpha value is -1.49. The molecule has 10 heteroatoms. The molecule has 2 N–H and O–H groups in total. The largest absolute Gasteiger partial charge is 0.339 e. The number of sulfonamides is 1. The van der Waals surface area contributed by atoms with Crippen molar-refractivity contribution in [3.63, 3.8) is 0 Å². The Kier molecular flexibility index (Phi) is 5.72. The van der Waals surface area contributed by atoms with Crippen LogP contribution in [0.15, 0.2) is 21.7 Å². The second kappa shape index (κ2) is 7.81. The molecule has 3 heterocycles. The van der Waals surface area contributed by atoms with E-state index in [-0.39, 0.29) is 28.6 Å². The smallest absolute Gasteiger partial charge is 0.250 e. The van der Waals surface area contributed by atoms with E-state index in [9.17, 15) is 18.0 Å². The number of carbonyl (C=O) groups is 2. The molecule has 8 nitrogen and oxygen atoms in total. The molecule has 0 aromatic carbocycles. The third-order valence-corrected chi connectivity index (χ3v) is 7.29. The molecular formula is C15H22N4O4S2. The fourth-order valence-electron chi connectivity index (χ4n) is 3.20. The summed E-state index contributed by atoms with van der Waals surface area (Å²) in [6, 6.07) is 3.17. The first-order valence-electron chi connectivity index (χ1n) is 8.28. The number of likely N-dealkylation sites (tertiary alicyclic amines) is 1. The van der Waals surface area contributed by atoms with Crippen LogP contribution in [0, 0.1) is 0 Å². The molecule has 2 aliphatic heterocycles. The lowest BCUT2D eigenvalue weighted by Crippen LogP contribution is -2.58. The highest BCUT2D eigenvalue weighted by Crippen LogP contribution is 2.18. The van der Waals surface area contributed by atoms with E-state index >= 15 is 0 Å². The van der Waals surface area contributed by atoms with Crippen molar-refractivity contribution in [1.29, 1.82) is 0 Å². The topological polar surface area (TPSA) is 98.8 Å². The maximum atomic E-state index is 12.4. The van der Waals surface area contributed by atoms with Crippen LogP contribution in [-0.4, -0.2) is 75.3 Å². The van der Waals surface area contributed by atoms with Crippen molar-refractivity contribution in [1.82, 2.24) is 19.8 Å². The van der Waals surface area contributed by atoms with Crippen molar-refractivity contribution in [2.45, 2.75) is 23.1 Å². The Bertz CT molecular complexity index is 720. The Morgan fingerprint density at radius 1 is 1.40 bits per heavy atom. The minimum atomic E-state index is -3.65. The number of amides is 2. The van der Waals surface area contributed by atoms with Gasteiger partial charge in [0.25, 0.3) is 10.0 Å². The average molecular weight is 386 g/mol. The standard InChI is InChI=1S/C15H22N4O4S2/c20-13(10-17-25(22,23)15-4-2-8-24-15)18-6-1-3-12(11-18)19-7-5-16-9-14(19)21/h2,4,8,12,16-17H,1,3,5-7,9-11H2. The van der Waals surface area contributed by atoms with Crippen LogP contribution in [0.3, 0.4) is 0 Å². The molecule has 0 radical (unpaired) electrons. The van der Waals surface area contributed by atoms with E-state index in [1.165, 1.54) is 6.07 Å². The molecule has 1 atom stereocenters. The zero-order valence-corrected chi connectivity index (χ0v) is 15.4. The van der Waals surface area contributed by atoms with Gasteiger partial charge in [0, 0.05) is 32.2 Å². The monoisotopic (exact) mass is 386 g/mol. The van der Waals surface area contributed by atoms with Gasteiger partial charge in [0.05, 0.1) is 13.1 Å². The van der Waals surface area contributed by atoms with Crippen LogP contribution in [0.5, 0.6) is 0 Å². The van der Waals surface area contributed by atoms with Crippen molar-refractivity contribution in [3.05, 3.63) is 17.5 Å². The third-order valence-electron chi connectivity index (χ3n) is 4.49. The number of nitrogens with one attached hydrogen (secondary N) is 2. The number of nitrogens with zero attached hydrogens (tertiary/aromatic N) is 2. The lowest BCUT2D eigenvalue weighted by molar-refractivity contribution is -0.139. The molecule has 138 valence electrons. The van der Waals surface area contributed by atoms with Gasteiger partial charge in [-0.2, -0.15) is 0 Å². The van der Waals surface area contributed by atoms with Crippen molar-refractivity contribution >= 4 is 33.2 Å². The molecule has 3 rings (SSSR count). The fourth-order valence-corrected chi connectivity index (χ4v) is 5.21. The summed E-state index contributed by atoms with van der Waals surface area (Å²) >= 11 is 1.11. The predicted octanol–water partition coefficient (Wildman–Crippen LogP) is -0.551. The van der Waals surface area contributed by atoms with Crippen molar-refractivity contribution in [2.75, 3.05) is 39.3 Å². The first-order chi connectivity index (χ1) is 12.0. The van der Waals surface area contributed by atoms with Gasteiger partial charge in [-0.25, -0.2) is 13.1 Å². The fraction of sp³-hybridized carbons (Fsp3) is 0.600. The molecule has 0 bridgehead atoms. The molecule has 1 unspecified atom stereocenters. The Balaban J connectivity index is 1.56.